The molecule has 152 valence electrons. The summed E-state index contributed by atoms with van der Waals surface area (Å²) < 4.78 is 5.15. The molecule has 2 aromatic carbocycles. The molecule has 2 amide bonds. The second-order valence-corrected chi connectivity index (χ2v) is 7.16. The zero-order valence-corrected chi connectivity index (χ0v) is 17.2. The Morgan fingerprint density at radius 3 is 2.41 bits per heavy atom. The summed E-state index contributed by atoms with van der Waals surface area (Å²) in [7, 11) is 1.60. The molecule has 3 rings (SSSR count). The Morgan fingerprint density at radius 1 is 1.14 bits per heavy atom. The minimum Gasteiger partial charge on any atom is -0.497 e. The number of hydrogen-bond acceptors (Lipinski definition) is 4. The summed E-state index contributed by atoms with van der Waals surface area (Å²) in [6.45, 7) is 2.97. The first-order valence-electron chi connectivity index (χ1n) is 9.32. The number of nitrogens with one attached hydrogen (secondary N) is 3. The summed E-state index contributed by atoms with van der Waals surface area (Å²) in [5, 5.41) is 9.18. The lowest BCUT2D eigenvalue weighted by molar-refractivity contribution is -0.130. The van der Waals surface area contributed by atoms with E-state index in [2.05, 4.69) is 16.0 Å². The average Bonchev–Trinajstić information content (AvgIpc) is 2.71. The number of benzene rings is 2. The van der Waals surface area contributed by atoms with Crippen molar-refractivity contribution in [2.24, 2.45) is 0 Å². The van der Waals surface area contributed by atoms with Crippen LogP contribution in [0.15, 0.2) is 48.5 Å². The van der Waals surface area contributed by atoms with Crippen molar-refractivity contribution < 1.29 is 14.3 Å². The highest BCUT2D eigenvalue weighted by molar-refractivity contribution is 7.80. The molecule has 1 atom stereocenters. The van der Waals surface area contributed by atoms with Crippen LogP contribution < -0.4 is 20.7 Å². The number of hydrogen-bond donors (Lipinski definition) is 3. The number of carbonyl (C=O) groups is 2. The van der Waals surface area contributed by atoms with Gasteiger partial charge in [-0.15, -0.1) is 0 Å². The fourth-order valence-corrected chi connectivity index (χ4v) is 3.39. The molecule has 1 aliphatic heterocycles. The number of rotatable bonds is 5. The lowest BCUT2D eigenvalue weighted by atomic mass is 10.1. The van der Waals surface area contributed by atoms with E-state index in [0.29, 0.717) is 23.9 Å². The molecule has 0 spiro atoms. The Morgan fingerprint density at radius 2 is 1.76 bits per heavy atom. The van der Waals surface area contributed by atoms with Gasteiger partial charge in [0.25, 0.3) is 0 Å². The van der Waals surface area contributed by atoms with Gasteiger partial charge in [0.15, 0.2) is 5.11 Å². The molecule has 0 saturated carbocycles. The number of anilines is 2. The van der Waals surface area contributed by atoms with Gasteiger partial charge >= 0.3 is 0 Å². The number of thiocarbonyl (C=S) groups is 1. The first kappa shape index (κ1) is 20.6. The topological polar surface area (TPSA) is 82.7 Å². The monoisotopic (exact) mass is 412 g/mol. The van der Waals surface area contributed by atoms with Gasteiger partial charge in [-0.2, -0.15) is 0 Å². The predicted molar refractivity (Wildman–Crippen MR) is 117 cm³/mol. The van der Waals surface area contributed by atoms with Crippen molar-refractivity contribution >= 4 is 40.5 Å². The molecule has 1 heterocycles. The number of amides is 2. The van der Waals surface area contributed by atoms with E-state index in [1.54, 1.807) is 12.0 Å². The fourth-order valence-electron chi connectivity index (χ4n) is 3.05. The van der Waals surface area contributed by atoms with Gasteiger partial charge in [0.2, 0.25) is 11.8 Å². The molecule has 29 heavy (non-hydrogen) atoms. The molecule has 0 aliphatic carbocycles. The quantitative estimate of drug-likeness (QED) is 0.655. The number of piperazine rings is 1. The van der Waals surface area contributed by atoms with E-state index in [0.717, 1.165) is 17.0 Å². The standard InChI is InChI=1S/C21H24N4O3S/c1-14-3-5-15(6-4-14)23-19(26)13-18-20(27)22-11-12-25(18)21(29)24-16-7-9-17(28-2)10-8-16/h3-10,18H,11-13H2,1-2H3,(H,22,27)(H,23,26)(H,24,29)/t18-/m0/s1. The molecule has 2 aromatic rings. The third-order valence-electron chi connectivity index (χ3n) is 4.65. The Hall–Kier alpha value is -3.13. The van der Waals surface area contributed by atoms with Crippen molar-refractivity contribution in [3.05, 3.63) is 54.1 Å². The van der Waals surface area contributed by atoms with Crippen LogP contribution in [0.5, 0.6) is 5.75 Å². The molecule has 1 aliphatic rings. The first-order chi connectivity index (χ1) is 14.0. The lowest BCUT2D eigenvalue weighted by Gasteiger charge is -2.36. The number of carbonyl (C=O) groups excluding carboxylic acids is 2. The molecule has 8 heteroatoms. The van der Waals surface area contributed by atoms with Crippen molar-refractivity contribution in [1.29, 1.82) is 0 Å². The molecule has 0 radical (unpaired) electrons. The molecule has 3 N–H and O–H groups in total. The summed E-state index contributed by atoms with van der Waals surface area (Å²) in [6, 6.07) is 14.2. The highest BCUT2D eigenvalue weighted by Gasteiger charge is 2.33. The van der Waals surface area contributed by atoms with Crippen molar-refractivity contribution in [3.8, 4) is 5.75 Å². The van der Waals surface area contributed by atoms with Crippen LogP contribution in [0.4, 0.5) is 11.4 Å². The third-order valence-corrected chi connectivity index (χ3v) is 4.98. The van der Waals surface area contributed by atoms with Gasteiger partial charge < -0.3 is 25.6 Å². The van der Waals surface area contributed by atoms with E-state index in [-0.39, 0.29) is 18.2 Å². The highest BCUT2D eigenvalue weighted by Crippen LogP contribution is 2.18. The molecular weight excluding hydrogens is 388 g/mol. The minimum atomic E-state index is -0.674. The number of nitrogens with zero attached hydrogens (tertiary/aromatic N) is 1. The van der Waals surface area contributed by atoms with Crippen LogP contribution in [0.1, 0.15) is 12.0 Å². The summed E-state index contributed by atoms with van der Waals surface area (Å²) in [6.07, 6.45) is 0.00411. The van der Waals surface area contributed by atoms with E-state index in [4.69, 9.17) is 17.0 Å². The maximum atomic E-state index is 12.5. The second kappa shape index (κ2) is 9.38. The molecule has 0 unspecified atom stereocenters. The molecule has 1 fully saturated rings. The van der Waals surface area contributed by atoms with Crippen LogP contribution in [0, 0.1) is 6.92 Å². The van der Waals surface area contributed by atoms with Gasteiger partial charge in [-0.05, 0) is 55.5 Å². The Bertz CT molecular complexity index is 884. The molecule has 1 saturated heterocycles. The van der Waals surface area contributed by atoms with Crippen LogP contribution in [0.2, 0.25) is 0 Å². The summed E-state index contributed by atoms with van der Waals surface area (Å²) in [4.78, 5) is 26.7. The van der Waals surface area contributed by atoms with Gasteiger partial charge in [-0.1, -0.05) is 17.7 Å². The van der Waals surface area contributed by atoms with Gasteiger partial charge in [-0.25, -0.2) is 0 Å². The zero-order chi connectivity index (χ0) is 20.8. The summed E-state index contributed by atoms with van der Waals surface area (Å²) in [5.74, 6) is 0.284. The lowest BCUT2D eigenvalue weighted by Crippen LogP contribution is -2.58. The van der Waals surface area contributed by atoms with Crippen molar-refractivity contribution in [2.75, 3.05) is 30.8 Å². The number of aryl methyl sites for hydroxylation is 1. The Balaban J connectivity index is 1.65. The maximum Gasteiger partial charge on any atom is 0.243 e. The van der Waals surface area contributed by atoms with Gasteiger partial charge in [0.1, 0.15) is 11.8 Å². The number of ether oxygens (including phenoxy) is 1. The largest absolute Gasteiger partial charge is 0.497 e. The molecule has 0 aromatic heterocycles. The van der Waals surface area contributed by atoms with Crippen LogP contribution in [-0.2, 0) is 9.59 Å². The van der Waals surface area contributed by atoms with E-state index in [1.165, 1.54) is 0 Å². The zero-order valence-electron chi connectivity index (χ0n) is 16.4. The van der Waals surface area contributed by atoms with Crippen LogP contribution in [0.3, 0.4) is 0 Å². The summed E-state index contributed by atoms with van der Waals surface area (Å²) >= 11 is 5.52. The summed E-state index contributed by atoms with van der Waals surface area (Å²) in [5.41, 5.74) is 2.59. The van der Waals surface area contributed by atoms with E-state index in [1.807, 2.05) is 55.5 Å². The smallest absolute Gasteiger partial charge is 0.243 e. The Kier molecular flexibility index (Phi) is 6.66. The molecular formula is C21H24N4O3S. The van der Waals surface area contributed by atoms with Crippen molar-refractivity contribution in [1.82, 2.24) is 10.2 Å². The van der Waals surface area contributed by atoms with Crippen LogP contribution in [-0.4, -0.2) is 48.1 Å². The highest BCUT2D eigenvalue weighted by atomic mass is 32.1. The van der Waals surface area contributed by atoms with E-state index >= 15 is 0 Å². The molecule has 0 bridgehead atoms. The van der Waals surface area contributed by atoms with Crippen LogP contribution in [0.25, 0.3) is 0 Å². The van der Waals surface area contributed by atoms with Crippen molar-refractivity contribution in [2.45, 2.75) is 19.4 Å². The minimum absolute atomic E-state index is 0.00411. The normalized spacial score (nSPS) is 16.0. The fraction of sp³-hybridized carbons (Fsp3) is 0.286. The third kappa shape index (κ3) is 5.45. The Labute approximate surface area is 175 Å². The van der Waals surface area contributed by atoms with Crippen LogP contribution >= 0.6 is 12.2 Å². The van der Waals surface area contributed by atoms with E-state index in [9.17, 15) is 9.59 Å². The second-order valence-electron chi connectivity index (χ2n) is 6.78. The van der Waals surface area contributed by atoms with Gasteiger partial charge in [-0.3, -0.25) is 9.59 Å². The average molecular weight is 413 g/mol. The molecule has 7 nitrogen and oxygen atoms in total. The number of methoxy groups -OCH3 is 1. The first-order valence-corrected chi connectivity index (χ1v) is 9.73. The maximum absolute atomic E-state index is 12.5. The predicted octanol–water partition coefficient (Wildman–Crippen LogP) is 2.53. The van der Waals surface area contributed by atoms with Gasteiger partial charge in [0.05, 0.1) is 13.5 Å². The van der Waals surface area contributed by atoms with Crippen molar-refractivity contribution in [3.63, 3.8) is 0 Å². The SMILES string of the molecule is COc1ccc(NC(=S)N2CCNC(=O)[C@@H]2CC(=O)Nc2ccc(C)cc2)cc1. The van der Waals surface area contributed by atoms with Gasteiger partial charge in [0, 0.05) is 24.5 Å². The van der Waals surface area contributed by atoms with E-state index < -0.39 is 6.04 Å².